The fourth-order valence-corrected chi connectivity index (χ4v) is 2.21. The number of esters is 1. The number of nitrogens with zero attached hydrogens (tertiary/aromatic N) is 1. The van der Waals surface area contributed by atoms with Gasteiger partial charge in [-0.1, -0.05) is 18.2 Å². The largest absolute Gasteiger partial charge is 0.486 e. The van der Waals surface area contributed by atoms with Crippen LogP contribution in [0.15, 0.2) is 24.3 Å². The normalized spacial score (nSPS) is 21.1. The van der Waals surface area contributed by atoms with Crippen molar-refractivity contribution in [1.82, 2.24) is 0 Å². The van der Waals surface area contributed by atoms with E-state index in [-0.39, 0.29) is 30.8 Å². The van der Waals surface area contributed by atoms with Crippen LogP contribution in [-0.2, 0) is 16.0 Å². The maximum absolute atomic E-state index is 11.4. The van der Waals surface area contributed by atoms with Crippen LogP contribution in [0.3, 0.4) is 0 Å². The number of rotatable bonds is 4. The second kappa shape index (κ2) is 5.26. The Kier molecular flexibility index (Phi) is 3.69. The van der Waals surface area contributed by atoms with E-state index in [1.165, 1.54) is 7.11 Å². The molecule has 0 N–H and O–H groups in total. The van der Waals surface area contributed by atoms with Gasteiger partial charge in [-0.2, -0.15) is 0 Å². The predicted octanol–water partition coefficient (Wildman–Crippen LogP) is 1.59. The Morgan fingerprint density at radius 2 is 2.26 bits per heavy atom. The van der Waals surface area contributed by atoms with Crippen molar-refractivity contribution in [1.29, 1.82) is 0 Å². The van der Waals surface area contributed by atoms with Crippen molar-refractivity contribution in [2.24, 2.45) is 0 Å². The average Bonchev–Trinajstić information content (AvgIpc) is 2.44. The van der Waals surface area contributed by atoms with Crippen molar-refractivity contribution in [3.8, 4) is 5.75 Å². The number of benzene rings is 1. The Bertz CT molecular complexity index is 502. The number of para-hydroxylation sites is 1. The zero-order valence-corrected chi connectivity index (χ0v) is 10.6. The summed E-state index contributed by atoms with van der Waals surface area (Å²) in [6.45, 7) is -0.0198. The van der Waals surface area contributed by atoms with Crippen molar-refractivity contribution < 1.29 is 19.2 Å². The Hall–Kier alpha value is -2.11. The molecular weight excluding hydrogens is 250 g/mol. The zero-order chi connectivity index (χ0) is 13.9. The van der Waals surface area contributed by atoms with E-state index >= 15 is 0 Å². The minimum absolute atomic E-state index is 0.0169. The smallest absolute Gasteiger partial charge is 0.305 e. The summed E-state index contributed by atoms with van der Waals surface area (Å²) in [5, 5.41) is 11.4. The predicted molar refractivity (Wildman–Crippen MR) is 66.6 cm³/mol. The molecule has 0 unspecified atom stereocenters. The Morgan fingerprint density at radius 1 is 1.53 bits per heavy atom. The lowest BCUT2D eigenvalue weighted by Crippen LogP contribution is -2.49. The van der Waals surface area contributed by atoms with E-state index in [2.05, 4.69) is 4.74 Å². The summed E-state index contributed by atoms with van der Waals surface area (Å²) in [6.07, 6.45) is 0.400. The van der Waals surface area contributed by atoms with Gasteiger partial charge in [0.2, 0.25) is 0 Å². The van der Waals surface area contributed by atoms with Gasteiger partial charge in [0.05, 0.1) is 20.0 Å². The van der Waals surface area contributed by atoms with E-state index < -0.39 is 11.5 Å². The molecule has 1 aliphatic rings. The quantitative estimate of drug-likeness (QED) is 0.469. The molecule has 0 spiro atoms. The van der Waals surface area contributed by atoms with Gasteiger partial charge in [0, 0.05) is 16.9 Å². The first-order chi connectivity index (χ1) is 9.07. The molecule has 1 heterocycles. The third kappa shape index (κ3) is 2.67. The molecule has 0 aliphatic carbocycles. The summed E-state index contributed by atoms with van der Waals surface area (Å²) in [5.41, 5.74) is -0.446. The number of ether oxygens (including phenoxy) is 2. The van der Waals surface area contributed by atoms with Crippen LogP contribution in [0.2, 0.25) is 0 Å². The lowest BCUT2D eigenvalue weighted by Gasteiger charge is -2.30. The topological polar surface area (TPSA) is 78.7 Å². The summed E-state index contributed by atoms with van der Waals surface area (Å²) < 4.78 is 10.0. The maximum Gasteiger partial charge on any atom is 0.305 e. The highest BCUT2D eigenvalue weighted by atomic mass is 16.6. The number of hydrogen-bond donors (Lipinski definition) is 0. The van der Waals surface area contributed by atoms with Gasteiger partial charge in [0.15, 0.2) is 6.61 Å². The molecule has 0 fully saturated rings. The van der Waals surface area contributed by atoms with E-state index in [0.29, 0.717) is 5.75 Å². The summed E-state index contributed by atoms with van der Waals surface area (Å²) >= 11 is 0. The molecule has 0 radical (unpaired) electrons. The molecule has 1 atom stereocenters. The van der Waals surface area contributed by atoms with E-state index in [1.807, 2.05) is 18.2 Å². The molecule has 1 aromatic carbocycles. The Morgan fingerprint density at radius 3 is 2.95 bits per heavy atom. The number of hydrogen-bond acceptors (Lipinski definition) is 5. The number of fused-ring (bicyclic) bond motifs is 1. The fraction of sp³-hybridized carbons (Fsp3) is 0.462. The molecule has 19 heavy (non-hydrogen) atoms. The summed E-state index contributed by atoms with van der Waals surface area (Å²) in [5.74, 6) is 0.234. The standard InChI is InChI=1S/C13H15NO5/c1-18-12(15)6-7-13(14(16)17)8-10-4-2-3-5-11(10)19-9-13/h2-5H,6-9H2,1H3/t13-/m0/s1. The van der Waals surface area contributed by atoms with Crippen LogP contribution < -0.4 is 4.74 Å². The molecule has 2 rings (SSSR count). The molecule has 6 heteroatoms. The van der Waals surface area contributed by atoms with Crippen molar-refractivity contribution in [2.75, 3.05) is 13.7 Å². The monoisotopic (exact) mass is 265 g/mol. The van der Waals surface area contributed by atoms with E-state index in [0.717, 1.165) is 5.56 Å². The summed E-state index contributed by atoms with van der Waals surface area (Å²) in [7, 11) is 1.27. The molecule has 0 saturated heterocycles. The fourth-order valence-electron chi connectivity index (χ4n) is 2.21. The molecule has 0 aromatic heterocycles. The highest BCUT2D eigenvalue weighted by Gasteiger charge is 2.47. The summed E-state index contributed by atoms with van der Waals surface area (Å²) in [6, 6.07) is 7.25. The molecule has 0 bridgehead atoms. The molecule has 0 amide bonds. The minimum atomic E-state index is -1.25. The molecule has 6 nitrogen and oxygen atoms in total. The van der Waals surface area contributed by atoms with Crippen molar-refractivity contribution in [3.63, 3.8) is 0 Å². The van der Waals surface area contributed by atoms with Gasteiger partial charge >= 0.3 is 5.97 Å². The molecular formula is C13H15NO5. The lowest BCUT2D eigenvalue weighted by atomic mass is 9.85. The SMILES string of the molecule is COC(=O)CC[C@@]1([N+](=O)[O-])COc2ccccc2C1. The first-order valence-corrected chi connectivity index (χ1v) is 5.99. The van der Waals surface area contributed by atoms with E-state index in [9.17, 15) is 14.9 Å². The number of carbonyl (C=O) groups excluding carboxylic acids is 1. The summed E-state index contributed by atoms with van der Waals surface area (Å²) in [4.78, 5) is 22.2. The highest BCUT2D eigenvalue weighted by molar-refractivity contribution is 5.69. The van der Waals surface area contributed by atoms with Crippen LogP contribution in [0.1, 0.15) is 18.4 Å². The van der Waals surface area contributed by atoms with Crippen LogP contribution >= 0.6 is 0 Å². The van der Waals surface area contributed by atoms with Gasteiger partial charge in [-0.05, 0) is 6.07 Å². The Balaban J connectivity index is 2.19. The average molecular weight is 265 g/mol. The lowest BCUT2D eigenvalue weighted by molar-refractivity contribution is -0.574. The van der Waals surface area contributed by atoms with Crippen LogP contribution in [0.25, 0.3) is 0 Å². The minimum Gasteiger partial charge on any atom is -0.486 e. The maximum atomic E-state index is 11.4. The van der Waals surface area contributed by atoms with Crippen LogP contribution in [-0.4, -0.2) is 30.1 Å². The van der Waals surface area contributed by atoms with E-state index in [1.54, 1.807) is 6.07 Å². The van der Waals surface area contributed by atoms with Crippen LogP contribution in [0, 0.1) is 10.1 Å². The van der Waals surface area contributed by atoms with Crippen molar-refractivity contribution in [3.05, 3.63) is 39.9 Å². The van der Waals surface area contributed by atoms with Crippen LogP contribution in [0.4, 0.5) is 0 Å². The third-order valence-electron chi connectivity index (χ3n) is 3.40. The second-order valence-corrected chi connectivity index (χ2v) is 4.63. The van der Waals surface area contributed by atoms with Crippen molar-refractivity contribution in [2.45, 2.75) is 24.8 Å². The highest BCUT2D eigenvalue weighted by Crippen LogP contribution is 2.33. The number of methoxy groups -OCH3 is 1. The van der Waals surface area contributed by atoms with E-state index in [4.69, 9.17) is 4.74 Å². The van der Waals surface area contributed by atoms with Gasteiger partial charge in [-0.3, -0.25) is 14.9 Å². The number of nitro groups is 1. The van der Waals surface area contributed by atoms with Crippen molar-refractivity contribution >= 4 is 5.97 Å². The molecule has 0 saturated carbocycles. The first kappa shape index (κ1) is 13.3. The van der Waals surface area contributed by atoms with Gasteiger partial charge < -0.3 is 9.47 Å². The van der Waals surface area contributed by atoms with Gasteiger partial charge in [-0.25, -0.2) is 0 Å². The first-order valence-electron chi connectivity index (χ1n) is 5.99. The molecule has 1 aliphatic heterocycles. The molecule has 1 aromatic rings. The number of carbonyl (C=O) groups is 1. The second-order valence-electron chi connectivity index (χ2n) is 4.63. The van der Waals surface area contributed by atoms with Crippen LogP contribution in [0.5, 0.6) is 5.75 Å². The zero-order valence-electron chi connectivity index (χ0n) is 10.6. The molecule has 102 valence electrons. The Labute approximate surface area is 110 Å². The van der Waals surface area contributed by atoms with Gasteiger partial charge in [0.25, 0.3) is 5.54 Å². The van der Waals surface area contributed by atoms with Gasteiger partial charge in [-0.15, -0.1) is 0 Å². The third-order valence-corrected chi connectivity index (χ3v) is 3.40. The van der Waals surface area contributed by atoms with Gasteiger partial charge in [0.1, 0.15) is 5.75 Å².